The molecule has 28 heavy (non-hydrogen) atoms. The number of likely N-dealkylation sites (tertiary alicyclic amines) is 1. The summed E-state index contributed by atoms with van der Waals surface area (Å²) in [7, 11) is 0. The van der Waals surface area contributed by atoms with Gasteiger partial charge < -0.3 is 9.42 Å². The van der Waals surface area contributed by atoms with Gasteiger partial charge in [0.15, 0.2) is 5.82 Å². The molecular weight excluding hydrogens is 346 g/mol. The van der Waals surface area contributed by atoms with Gasteiger partial charge in [-0.3, -0.25) is 0 Å². The lowest BCUT2D eigenvalue weighted by Gasteiger charge is -2.25. The Kier molecular flexibility index (Phi) is 6.51. The number of nitrogens with zero attached hydrogens (tertiary/aromatic N) is 3. The van der Waals surface area contributed by atoms with Crippen molar-refractivity contribution in [1.82, 2.24) is 15.0 Å². The van der Waals surface area contributed by atoms with Crippen LogP contribution in [-0.2, 0) is 12.8 Å². The Balaban J connectivity index is 1.39. The Labute approximate surface area is 167 Å². The molecule has 4 rings (SSSR count). The van der Waals surface area contributed by atoms with Gasteiger partial charge in [0.2, 0.25) is 5.89 Å². The van der Waals surface area contributed by atoms with E-state index in [1.807, 2.05) is 0 Å². The van der Waals surface area contributed by atoms with Crippen LogP contribution in [0.2, 0.25) is 0 Å². The fourth-order valence-electron chi connectivity index (χ4n) is 4.09. The summed E-state index contributed by atoms with van der Waals surface area (Å²) in [4.78, 5) is 7.24. The van der Waals surface area contributed by atoms with Crippen LogP contribution in [0.15, 0.2) is 65.2 Å². The van der Waals surface area contributed by atoms with Crippen molar-refractivity contribution in [2.45, 2.75) is 44.4 Å². The molecule has 0 spiro atoms. The molecule has 0 N–H and O–H groups in total. The van der Waals surface area contributed by atoms with E-state index in [0.717, 1.165) is 37.5 Å². The van der Waals surface area contributed by atoms with Crippen molar-refractivity contribution in [3.05, 3.63) is 83.5 Å². The first-order chi connectivity index (χ1) is 13.9. The van der Waals surface area contributed by atoms with Crippen molar-refractivity contribution in [2.24, 2.45) is 0 Å². The zero-order valence-corrected chi connectivity index (χ0v) is 16.5. The topological polar surface area (TPSA) is 42.2 Å². The molecule has 146 valence electrons. The van der Waals surface area contributed by atoms with Crippen LogP contribution >= 0.6 is 0 Å². The quantitative estimate of drug-likeness (QED) is 0.564. The van der Waals surface area contributed by atoms with Gasteiger partial charge in [-0.2, -0.15) is 4.98 Å². The van der Waals surface area contributed by atoms with Gasteiger partial charge in [-0.15, -0.1) is 0 Å². The molecule has 1 aliphatic rings. The molecule has 0 saturated carbocycles. The highest BCUT2D eigenvalue weighted by Gasteiger charge is 2.18. The van der Waals surface area contributed by atoms with Crippen LogP contribution < -0.4 is 0 Å². The smallest absolute Gasteiger partial charge is 0.226 e. The molecule has 0 amide bonds. The third kappa shape index (κ3) is 5.08. The largest absolute Gasteiger partial charge is 0.339 e. The molecule has 4 nitrogen and oxygen atoms in total. The highest BCUT2D eigenvalue weighted by molar-refractivity contribution is 5.33. The monoisotopic (exact) mass is 375 g/mol. The standard InChI is InChI=1S/C24H29N3O/c1-4-11-20(12-5-1)22(21-13-6-2-7-14-21)19-23-25-24(28-26-23)15-10-18-27-16-8-3-9-17-27/h1-2,4-7,11-14,22H,3,8-10,15-19H2. The fraction of sp³-hybridized carbons (Fsp3) is 0.417. The molecule has 4 heteroatoms. The molecule has 0 atom stereocenters. The molecule has 0 aliphatic carbocycles. The minimum absolute atomic E-state index is 0.237. The maximum atomic E-state index is 5.55. The normalized spacial score (nSPS) is 15.2. The average molecular weight is 376 g/mol. The van der Waals surface area contributed by atoms with E-state index in [1.54, 1.807) is 0 Å². The summed E-state index contributed by atoms with van der Waals surface area (Å²) < 4.78 is 5.55. The van der Waals surface area contributed by atoms with Gasteiger partial charge in [-0.1, -0.05) is 72.2 Å². The van der Waals surface area contributed by atoms with Crippen LogP contribution in [0.25, 0.3) is 0 Å². The predicted octanol–water partition coefficient (Wildman–Crippen LogP) is 4.86. The lowest BCUT2D eigenvalue weighted by molar-refractivity contribution is 0.223. The van der Waals surface area contributed by atoms with E-state index < -0.39 is 0 Å². The zero-order valence-electron chi connectivity index (χ0n) is 16.5. The highest BCUT2D eigenvalue weighted by Crippen LogP contribution is 2.27. The van der Waals surface area contributed by atoms with E-state index >= 15 is 0 Å². The van der Waals surface area contributed by atoms with Crippen molar-refractivity contribution in [3.63, 3.8) is 0 Å². The van der Waals surface area contributed by atoms with Crippen molar-refractivity contribution >= 4 is 0 Å². The van der Waals surface area contributed by atoms with Gasteiger partial charge in [0.05, 0.1) is 0 Å². The molecule has 0 bridgehead atoms. The third-order valence-corrected chi connectivity index (χ3v) is 5.61. The summed E-state index contributed by atoms with van der Waals surface area (Å²) in [6.07, 6.45) is 6.76. The molecule has 0 unspecified atom stereocenters. The Morgan fingerprint density at radius 1 is 0.857 bits per heavy atom. The number of hydrogen-bond donors (Lipinski definition) is 0. The molecule has 1 saturated heterocycles. The molecule has 1 aliphatic heterocycles. The molecule has 1 fully saturated rings. The van der Waals surface area contributed by atoms with E-state index in [9.17, 15) is 0 Å². The molecular formula is C24H29N3O. The van der Waals surface area contributed by atoms with E-state index in [0.29, 0.717) is 0 Å². The second-order valence-corrected chi connectivity index (χ2v) is 7.69. The first kappa shape index (κ1) is 18.9. The Bertz CT molecular complexity index is 786. The minimum atomic E-state index is 0.237. The van der Waals surface area contributed by atoms with E-state index in [1.165, 1.54) is 43.5 Å². The predicted molar refractivity (Wildman–Crippen MR) is 111 cm³/mol. The van der Waals surface area contributed by atoms with Crippen LogP contribution in [0.1, 0.15) is 54.4 Å². The maximum Gasteiger partial charge on any atom is 0.226 e. The molecule has 1 aromatic heterocycles. The summed E-state index contributed by atoms with van der Waals surface area (Å²) in [5.41, 5.74) is 2.57. The van der Waals surface area contributed by atoms with Crippen LogP contribution in [0.5, 0.6) is 0 Å². The summed E-state index contributed by atoms with van der Waals surface area (Å²) in [6.45, 7) is 3.62. The molecule has 3 aromatic rings. The SMILES string of the molecule is c1ccc(C(Cc2noc(CCCN3CCCCC3)n2)c2ccccc2)cc1. The van der Waals surface area contributed by atoms with Crippen molar-refractivity contribution in [2.75, 3.05) is 19.6 Å². The second-order valence-electron chi connectivity index (χ2n) is 7.69. The second kappa shape index (κ2) is 9.65. The Morgan fingerprint density at radius 3 is 2.14 bits per heavy atom. The van der Waals surface area contributed by atoms with Gasteiger partial charge >= 0.3 is 0 Å². The fourth-order valence-corrected chi connectivity index (χ4v) is 4.09. The summed E-state index contributed by atoms with van der Waals surface area (Å²) >= 11 is 0. The van der Waals surface area contributed by atoms with Crippen LogP contribution in [0.4, 0.5) is 0 Å². The molecule has 2 aromatic carbocycles. The first-order valence-corrected chi connectivity index (χ1v) is 10.5. The molecule has 0 radical (unpaired) electrons. The van der Waals surface area contributed by atoms with E-state index in [4.69, 9.17) is 4.52 Å². The van der Waals surface area contributed by atoms with E-state index in [2.05, 4.69) is 75.7 Å². The maximum absolute atomic E-state index is 5.55. The van der Waals surface area contributed by atoms with Crippen molar-refractivity contribution < 1.29 is 4.52 Å². The third-order valence-electron chi connectivity index (χ3n) is 5.61. The average Bonchev–Trinajstić information content (AvgIpc) is 3.21. The van der Waals surface area contributed by atoms with Gasteiger partial charge in [0.25, 0.3) is 0 Å². The number of piperidine rings is 1. The van der Waals surface area contributed by atoms with Gasteiger partial charge in [0.1, 0.15) is 0 Å². The number of rotatable bonds is 8. The number of hydrogen-bond acceptors (Lipinski definition) is 4. The molecule has 2 heterocycles. The lowest BCUT2D eigenvalue weighted by atomic mass is 9.88. The Hall–Kier alpha value is -2.46. The van der Waals surface area contributed by atoms with E-state index in [-0.39, 0.29) is 5.92 Å². The minimum Gasteiger partial charge on any atom is -0.339 e. The number of aromatic nitrogens is 2. The van der Waals surface area contributed by atoms with Crippen molar-refractivity contribution in [1.29, 1.82) is 0 Å². The van der Waals surface area contributed by atoms with Gasteiger partial charge in [0, 0.05) is 18.8 Å². The Morgan fingerprint density at radius 2 is 1.50 bits per heavy atom. The lowest BCUT2D eigenvalue weighted by Crippen LogP contribution is -2.30. The van der Waals surface area contributed by atoms with Gasteiger partial charge in [-0.05, 0) is 50.0 Å². The van der Waals surface area contributed by atoms with Crippen LogP contribution in [-0.4, -0.2) is 34.7 Å². The zero-order chi connectivity index (χ0) is 19.0. The number of benzene rings is 2. The highest BCUT2D eigenvalue weighted by atomic mass is 16.5. The van der Waals surface area contributed by atoms with Gasteiger partial charge in [-0.25, -0.2) is 0 Å². The van der Waals surface area contributed by atoms with Crippen molar-refractivity contribution in [3.8, 4) is 0 Å². The first-order valence-electron chi connectivity index (χ1n) is 10.5. The summed E-state index contributed by atoms with van der Waals surface area (Å²) in [6, 6.07) is 21.2. The summed E-state index contributed by atoms with van der Waals surface area (Å²) in [5.74, 6) is 1.80. The number of aryl methyl sites for hydroxylation is 1. The van der Waals surface area contributed by atoms with Crippen LogP contribution in [0.3, 0.4) is 0 Å². The van der Waals surface area contributed by atoms with Crippen LogP contribution in [0, 0.1) is 0 Å². The summed E-state index contributed by atoms with van der Waals surface area (Å²) in [5, 5.41) is 4.27.